The van der Waals surface area contributed by atoms with Crippen molar-refractivity contribution in [1.82, 2.24) is 4.98 Å². The number of pyridine rings is 1. The van der Waals surface area contributed by atoms with Gasteiger partial charge in [0.05, 0.1) is 16.8 Å². The minimum Gasteiger partial charge on any atom is -0.370 e. The summed E-state index contributed by atoms with van der Waals surface area (Å²) in [7, 11) is 0. The van der Waals surface area contributed by atoms with Crippen LogP contribution in [-0.4, -0.2) is 30.0 Å². The monoisotopic (exact) mass is 284 g/mol. The number of piperidine rings is 1. The Bertz CT molecular complexity index is 685. The van der Waals surface area contributed by atoms with Gasteiger partial charge >= 0.3 is 0 Å². The van der Waals surface area contributed by atoms with Crippen molar-refractivity contribution in [2.75, 3.05) is 18.0 Å². The summed E-state index contributed by atoms with van der Waals surface area (Å²) in [6, 6.07) is 8.05. The van der Waals surface area contributed by atoms with E-state index in [1.165, 1.54) is 0 Å². The van der Waals surface area contributed by atoms with Gasteiger partial charge in [-0.25, -0.2) is 0 Å². The smallest absolute Gasteiger partial charge is 0.252 e. The largest absolute Gasteiger partial charge is 0.370 e. The number of hydrogen-bond donors (Lipinski definition) is 2. The van der Waals surface area contributed by atoms with E-state index in [9.17, 15) is 4.79 Å². The number of anilines is 1. The van der Waals surface area contributed by atoms with Gasteiger partial charge in [-0.3, -0.25) is 9.78 Å². The van der Waals surface area contributed by atoms with Gasteiger partial charge in [0.1, 0.15) is 0 Å². The molecule has 1 aromatic heterocycles. The number of benzene rings is 1. The van der Waals surface area contributed by atoms with E-state index in [1.54, 1.807) is 6.20 Å². The minimum atomic E-state index is -0.439. The van der Waals surface area contributed by atoms with Crippen LogP contribution >= 0.6 is 0 Å². The zero-order valence-electron chi connectivity index (χ0n) is 12.1. The topological polar surface area (TPSA) is 85.2 Å². The Hall–Kier alpha value is -2.14. The number of rotatable bonds is 2. The first-order valence-electron chi connectivity index (χ1n) is 7.26. The molecule has 1 saturated heterocycles. The minimum absolute atomic E-state index is 0.214. The van der Waals surface area contributed by atoms with Gasteiger partial charge in [-0.2, -0.15) is 0 Å². The van der Waals surface area contributed by atoms with Gasteiger partial charge in [-0.15, -0.1) is 0 Å². The number of carbonyl (C=O) groups is 1. The Morgan fingerprint density at radius 1 is 1.38 bits per heavy atom. The number of hydrogen-bond acceptors (Lipinski definition) is 4. The van der Waals surface area contributed by atoms with Crippen molar-refractivity contribution in [2.45, 2.75) is 19.4 Å². The first-order chi connectivity index (χ1) is 10.1. The van der Waals surface area contributed by atoms with Crippen LogP contribution in [0.4, 0.5) is 5.69 Å². The molecule has 0 spiro atoms. The number of fused-ring (bicyclic) bond motifs is 1. The van der Waals surface area contributed by atoms with Crippen molar-refractivity contribution in [3.63, 3.8) is 0 Å². The zero-order valence-corrected chi connectivity index (χ0v) is 12.1. The summed E-state index contributed by atoms with van der Waals surface area (Å²) in [4.78, 5) is 18.3. The average molecular weight is 284 g/mol. The molecular weight excluding hydrogens is 264 g/mol. The molecule has 1 aromatic carbocycles. The third kappa shape index (κ3) is 2.45. The van der Waals surface area contributed by atoms with Crippen LogP contribution in [-0.2, 0) is 0 Å². The van der Waals surface area contributed by atoms with Crippen LogP contribution in [0.3, 0.4) is 0 Å². The lowest BCUT2D eigenvalue weighted by molar-refractivity contribution is 0.100. The summed E-state index contributed by atoms with van der Waals surface area (Å²) >= 11 is 0. The maximum absolute atomic E-state index is 11.8. The van der Waals surface area contributed by atoms with Crippen molar-refractivity contribution < 1.29 is 4.79 Å². The average Bonchev–Trinajstić information content (AvgIpc) is 2.49. The molecule has 1 aliphatic heterocycles. The molecule has 1 aliphatic rings. The lowest BCUT2D eigenvalue weighted by atomic mass is 9.93. The van der Waals surface area contributed by atoms with E-state index < -0.39 is 5.91 Å². The maximum Gasteiger partial charge on any atom is 0.252 e. The molecule has 2 unspecified atom stereocenters. The summed E-state index contributed by atoms with van der Waals surface area (Å²) in [6.07, 6.45) is 2.50. The Morgan fingerprint density at radius 2 is 2.14 bits per heavy atom. The fourth-order valence-electron chi connectivity index (χ4n) is 3.01. The van der Waals surface area contributed by atoms with E-state index in [4.69, 9.17) is 11.5 Å². The highest BCUT2D eigenvalue weighted by Crippen LogP contribution is 2.32. The van der Waals surface area contributed by atoms with Gasteiger partial charge < -0.3 is 16.4 Å². The van der Waals surface area contributed by atoms with Gasteiger partial charge in [0, 0.05) is 30.7 Å². The quantitative estimate of drug-likeness (QED) is 0.875. The first kappa shape index (κ1) is 13.8. The van der Waals surface area contributed by atoms with Crippen LogP contribution in [0.25, 0.3) is 10.9 Å². The number of amides is 1. The van der Waals surface area contributed by atoms with Gasteiger partial charge in [0.25, 0.3) is 5.91 Å². The second-order valence-corrected chi connectivity index (χ2v) is 5.78. The second-order valence-electron chi connectivity index (χ2n) is 5.78. The Kier molecular flexibility index (Phi) is 3.51. The third-order valence-electron chi connectivity index (χ3n) is 4.30. The van der Waals surface area contributed by atoms with Crippen molar-refractivity contribution in [1.29, 1.82) is 0 Å². The van der Waals surface area contributed by atoms with E-state index in [2.05, 4.69) is 16.8 Å². The SMILES string of the molecule is CC1CN(c2c(C(N)=O)cnc3ccccc23)CCC1N. The molecule has 5 heteroatoms. The number of carbonyl (C=O) groups excluding carboxylic acids is 1. The van der Waals surface area contributed by atoms with Crippen LogP contribution < -0.4 is 16.4 Å². The van der Waals surface area contributed by atoms with Crippen LogP contribution in [0, 0.1) is 5.92 Å². The van der Waals surface area contributed by atoms with Gasteiger partial charge in [0.2, 0.25) is 0 Å². The molecule has 2 aromatic rings. The predicted octanol–water partition coefficient (Wildman–Crippen LogP) is 1.51. The summed E-state index contributed by atoms with van der Waals surface area (Å²) in [5.41, 5.74) is 13.9. The summed E-state index contributed by atoms with van der Waals surface area (Å²) in [6.45, 7) is 3.80. The Balaban J connectivity index is 2.14. The highest BCUT2D eigenvalue weighted by atomic mass is 16.1. The van der Waals surface area contributed by atoms with Crippen LogP contribution in [0.15, 0.2) is 30.5 Å². The molecule has 3 rings (SSSR count). The predicted molar refractivity (Wildman–Crippen MR) is 84.2 cm³/mol. The van der Waals surface area contributed by atoms with E-state index in [1.807, 2.05) is 24.3 Å². The van der Waals surface area contributed by atoms with E-state index in [0.29, 0.717) is 11.5 Å². The number of para-hydroxylation sites is 1. The van der Waals surface area contributed by atoms with E-state index in [0.717, 1.165) is 36.1 Å². The molecule has 0 radical (unpaired) electrons. The van der Waals surface area contributed by atoms with Crippen LogP contribution in [0.5, 0.6) is 0 Å². The highest BCUT2D eigenvalue weighted by molar-refractivity contribution is 6.06. The van der Waals surface area contributed by atoms with E-state index >= 15 is 0 Å². The summed E-state index contributed by atoms with van der Waals surface area (Å²) in [5, 5.41) is 0.969. The fourth-order valence-corrected chi connectivity index (χ4v) is 3.01. The molecule has 5 nitrogen and oxygen atoms in total. The molecule has 0 aliphatic carbocycles. The molecule has 1 fully saturated rings. The first-order valence-corrected chi connectivity index (χ1v) is 7.26. The molecule has 21 heavy (non-hydrogen) atoms. The van der Waals surface area contributed by atoms with Crippen LogP contribution in [0.1, 0.15) is 23.7 Å². The zero-order chi connectivity index (χ0) is 15.0. The molecule has 110 valence electrons. The third-order valence-corrected chi connectivity index (χ3v) is 4.30. The van der Waals surface area contributed by atoms with Gasteiger partial charge in [0.15, 0.2) is 0 Å². The molecule has 4 N–H and O–H groups in total. The normalized spacial score (nSPS) is 22.5. The molecule has 1 amide bonds. The van der Waals surface area contributed by atoms with Gasteiger partial charge in [-0.05, 0) is 18.4 Å². The Morgan fingerprint density at radius 3 is 2.86 bits per heavy atom. The van der Waals surface area contributed by atoms with E-state index in [-0.39, 0.29) is 6.04 Å². The number of aromatic nitrogens is 1. The number of nitrogens with zero attached hydrogens (tertiary/aromatic N) is 2. The number of nitrogens with two attached hydrogens (primary N) is 2. The second kappa shape index (κ2) is 5.33. The lowest BCUT2D eigenvalue weighted by Gasteiger charge is -2.37. The van der Waals surface area contributed by atoms with Crippen molar-refractivity contribution >= 4 is 22.5 Å². The standard InChI is InChI=1S/C16H20N4O/c1-10-9-20(7-6-13(10)17)15-11-4-2-3-5-14(11)19-8-12(15)16(18)21/h2-5,8,10,13H,6-7,9,17H2,1H3,(H2,18,21). The lowest BCUT2D eigenvalue weighted by Crippen LogP contribution is -2.46. The molecule has 2 heterocycles. The number of primary amides is 1. The summed E-state index contributed by atoms with van der Waals surface area (Å²) in [5.74, 6) is -0.0582. The molecule has 0 bridgehead atoms. The fraction of sp³-hybridized carbons (Fsp3) is 0.375. The Labute approximate surface area is 123 Å². The molecule has 0 saturated carbocycles. The maximum atomic E-state index is 11.8. The summed E-state index contributed by atoms with van der Waals surface area (Å²) < 4.78 is 0. The van der Waals surface area contributed by atoms with Gasteiger partial charge in [-0.1, -0.05) is 25.1 Å². The van der Waals surface area contributed by atoms with Crippen molar-refractivity contribution in [2.24, 2.45) is 17.4 Å². The van der Waals surface area contributed by atoms with Crippen molar-refractivity contribution in [3.8, 4) is 0 Å². The molecule has 2 atom stereocenters. The van der Waals surface area contributed by atoms with Crippen LogP contribution in [0.2, 0.25) is 0 Å². The molecular formula is C16H20N4O. The van der Waals surface area contributed by atoms with Crippen molar-refractivity contribution in [3.05, 3.63) is 36.0 Å². The highest BCUT2D eigenvalue weighted by Gasteiger charge is 2.27.